The van der Waals surface area contributed by atoms with Gasteiger partial charge in [-0.3, -0.25) is 4.79 Å². The quantitative estimate of drug-likeness (QED) is 0.675. The molecule has 3 aromatic rings. The molecule has 3 heterocycles. The highest BCUT2D eigenvalue weighted by atomic mass is 35.5. The standard InChI is InChI=1S/C18H20ClN5O/c1-2-9-23-17-20-16(25)14-12-13(19)7-8-15(14)24(17)18(21-23)22-10-5-3-4-6-11-22/h2,7-8,12H,1,3-6,9-11H2. The highest BCUT2D eigenvalue weighted by molar-refractivity contribution is 6.31. The maximum Gasteiger partial charge on any atom is 0.282 e. The number of hydrogen-bond donors (Lipinski definition) is 0. The number of rotatable bonds is 3. The Morgan fingerprint density at radius 2 is 1.96 bits per heavy atom. The van der Waals surface area contributed by atoms with Crippen molar-refractivity contribution in [3.63, 3.8) is 0 Å². The summed E-state index contributed by atoms with van der Waals surface area (Å²) in [6.07, 6.45) is 6.54. The van der Waals surface area contributed by atoms with Crippen molar-refractivity contribution in [1.82, 2.24) is 19.2 Å². The summed E-state index contributed by atoms with van der Waals surface area (Å²) in [6, 6.07) is 5.34. The lowest BCUT2D eigenvalue weighted by Gasteiger charge is -2.20. The predicted octanol–water partition coefficient (Wildman–Crippen LogP) is 3.26. The molecule has 0 unspecified atom stereocenters. The molecule has 1 fully saturated rings. The fourth-order valence-electron chi connectivity index (χ4n) is 3.47. The van der Waals surface area contributed by atoms with E-state index in [0.717, 1.165) is 37.4 Å². The first kappa shape index (κ1) is 16.1. The first-order chi connectivity index (χ1) is 12.2. The third-order valence-corrected chi connectivity index (χ3v) is 4.90. The normalized spacial score (nSPS) is 15.6. The van der Waals surface area contributed by atoms with Gasteiger partial charge < -0.3 is 4.90 Å². The van der Waals surface area contributed by atoms with Crippen LogP contribution in [0.1, 0.15) is 25.7 Å². The molecule has 1 aromatic carbocycles. The van der Waals surface area contributed by atoms with Gasteiger partial charge in [0.25, 0.3) is 5.56 Å². The Bertz CT molecular complexity index is 998. The van der Waals surface area contributed by atoms with Crippen LogP contribution in [0.15, 0.2) is 35.6 Å². The van der Waals surface area contributed by atoms with Crippen LogP contribution in [0.25, 0.3) is 16.7 Å². The molecular formula is C18H20ClN5O. The highest BCUT2D eigenvalue weighted by Gasteiger charge is 2.21. The van der Waals surface area contributed by atoms with Crippen molar-refractivity contribution in [2.24, 2.45) is 0 Å². The molecule has 4 rings (SSSR count). The minimum Gasteiger partial charge on any atom is -0.341 e. The van der Waals surface area contributed by atoms with Crippen LogP contribution >= 0.6 is 11.6 Å². The van der Waals surface area contributed by atoms with Crippen molar-refractivity contribution in [2.45, 2.75) is 32.2 Å². The first-order valence-electron chi connectivity index (χ1n) is 8.64. The second-order valence-corrected chi connectivity index (χ2v) is 6.82. The Morgan fingerprint density at radius 1 is 1.20 bits per heavy atom. The van der Waals surface area contributed by atoms with Crippen molar-refractivity contribution in [2.75, 3.05) is 18.0 Å². The minimum absolute atomic E-state index is 0.287. The largest absolute Gasteiger partial charge is 0.341 e. The molecule has 130 valence electrons. The van der Waals surface area contributed by atoms with E-state index in [1.54, 1.807) is 22.9 Å². The summed E-state index contributed by atoms with van der Waals surface area (Å²) in [6.45, 7) is 6.21. The van der Waals surface area contributed by atoms with Gasteiger partial charge in [0, 0.05) is 18.1 Å². The zero-order valence-corrected chi connectivity index (χ0v) is 14.7. The Balaban J connectivity index is 2.04. The zero-order valence-electron chi connectivity index (χ0n) is 14.0. The number of aromatic nitrogens is 4. The smallest absolute Gasteiger partial charge is 0.282 e. The number of fused-ring (bicyclic) bond motifs is 3. The lowest BCUT2D eigenvalue weighted by molar-refractivity contribution is 0.697. The third kappa shape index (κ3) is 2.80. The average Bonchev–Trinajstić information content (AvgIpc) is 2.79. The zero-order chi connectivity index (χ0) is 17.4. The number of halogens is 1. The highest BCUT2D eigenvalue weighted by Crippen LogP contribution is 2.24. The Morgan fingerprint density at radius 3 is 2.68 bits per heavy atom. The lowest BCUT2D eigenvalue weighted by atomic mass is 10.2. The van der Waals surface area contributed by atoms with Gasteiger partial charge in [0.15, 0.2) is 0 Å². The fourth-order valence-corrected chi connectivity index (χ4v) is 3.64. The molecular weight excluding hydrogens is 338 g/mol. The van der Waals surface area contributed by atoms with E-state index < -0.39 is 0 Å². The fraction of sp³-hybridized carbons (Fsp3) is 0.389. The van der Waals surface area contributed by atoms with Crippen LogP contribution in [0.2, 0.25) is 5.02 Å². The summed E-state index contributed by atoms with van der Waals surface area (Å²) < 4.78 is 3.71. The van der Waals surface area contributed by atoms with E-state index in [1.807, 2.05) is 10.5 Å². The molecule has 1 saturated heterocycles. The number of anilines is 1. The van der Waals surface area contributed by atoms with Gasteiger partial charge in [-0.1, -0.05) is 30.5 Å². The maximum absolute atomic E-state index is 12.5. The van der Waals surface area contributed by atoms with Gasteiger partial charge in [0.1, 0.15) is 0 Å². The molecule has 0 saturated carbocycles. The van der Waals surface area contributed by atoms with E-state index in [0.29, 0.717) is 22.7 Å². The van der Waals surface area contributed by atoms with Gasteiger partial charge in [-0.05, 0) is 31.0 Å². The summed E-state index contributed by atoms with van der Waals surface area (Å²) >= 11 is 6.09. The molecule has 0 aliphatic carbocycles. The molecule has 0 amide bonds. The molecule has 6 nitrogen and oxygen atoms in total. The second kappa shape index (κ2) is 6.52. The van der Waals surface area contributed by atoms with Crippen LogP contribution in [0, 0.1) is 0 Å². The Kier molecular flexibility index (Phi) is 4.21. The van der Waals surface area contributed by atoms with E-state index in [2.05, 4.69) is 16.5 Å². The van der Waals surface area contributed by atoms with Gasteiger partial charge >= 0.3 is 0 Å². The van der Waals surface area contributed by atoms with Gasteiger partial charge in [-0.15, -0.1) is 11.7 Å². The number of hydrogen-bond acceptors (Lipinski definition) is 4. The molecule has 1 aliphatic rings. The van der Waals surface area contributed by atoms with Gasteiger partial charge in [-0.25, -0.2) is 9.08 Å². The monoisotopic (exact) mass is 357 g/mol. The molecule has 7 heteroatoms. The average molecular weight is 358 g/mol. The molecule has 0 N–H and O–H groups in total. The van der Waals surface area contributed by atoms with Crippen molar-refractivity contribution >= 4 is 34.2 Å². The molecule has 0 radical (unpaired) electrons. The SMILES string of the molecule is C=CCn1nc(N2CCCCCC2)n2c3ccc(Cl)cc3c(=O)nc12. The van der Waals surface area contributed by atoms with Gasteiger partial charge in [0.05, 0.1) is 17.4 Å². The molecule has 25 heavy (non-hydrogen) atoms. The summed E-state index contributed by atoms with van der Waals surface area (Å²) in [4.78, 5) is 19.0. The third-order valence-electron chi connectivity index (χ3n) is 4.66. The summed E-state index contributed by atoms with van der Waals surface area (Å²) in [5.41, 5.74) is 0.499. The van der Waals surface area contributed by atoms with Crippen LogP contribution in [0.5, 0.6) is 0 Å². The van der Waals surface area contributed by atoms with E-state index >= 15 is 0 Å². The number of nitrogens with zero attached hydrogens (tertiary/aromatic N) is 5. The Labute approximate surface area is 150 Å². The van der Waals surface area contributed by atoms with E-state index in [4.69, 9.17) is 16.7 Å². The van der Waals surface area contributed by atoms with Crippen LogP contribution in [-0.2, 0) is 6.54 Å². The summed E-state index contributed by atoms with van der Waals surface area (Å²) in [7, 11) is 0. The van der Waals surface area contributed by atoms with Crippen LogP contribution in [0.3, 0.4) is 0 Å². The van der Waals surface area contributed by atoms with E-state index in [1.165, 1.54) is 12.8 Å². The van der Waals surface area contributed by atoms with Crippen molar-refractivity contribution in [3.8, 4) is 0 Å². The van der Waals surface area contributed by atoms with Crippen molar-refractivity contribution < 1.29 is 0 Å². The van der Waals surface area contributed by atoms with Crippen LogP contribution in [0.4, 0.5) is 5.95 Å². The lowest BCUT2D eigenvalue weighted by Crippen LogP contribution is -2.26. The van der Waals surface area contributed by atoms with E-state index in [-0.39, 0.29) is 5.56 Å². The van der Waals surface area contributed by atoms with Crippen molar-refractivity contribution in [3.05, 3.63) is 46.2 Å². The maximum atomic E-state index is 12.5. The van der Waals surface area contributed by atoms with Crippen LogP contribution < -0.4 is 10.5 Å². The second-order valence-electron chi connectivity index (χ2n) is 6.39. The van der Waals surface area contributed by atoms with E-state index in [9.17, 15) is 4.79 Å². The Hall–Kier alpha value is -2.34. The first-order valence-corrected chi connectivity index (χ1v) is 9.01. The van der Waals surface area contributed by atoms with Crippen molar-refractivity contribution in [1.29, 1.82) is 0 Å². The van der Waals surface area contributed by atoms with Crippen LogP contribution in [-0.4, -0.2) is 32.3 Å². The minimum atomic E-state index is -0.287. The molecule has 1 aliphatic heterocycles. The summed E-state index contributed by atoms with van der Waals surface area (Å²) in [5, 5.41) is 5.80. The van der Waals surface area contributed by atoms with Gasteiger partial charge in [0.2, 0.25) is 11.7 Å². The topological polar surface area (TPSA) is 55.4 Å². The molecule has 0 bridgehead atoms. The predicted molar refractivity (Wildman–Crippen MR) is 101 cm³/mol. The van der Waals surface area contributed by atoms with Gasteiger partial charge in [-0.2, -0.15) is 4.98 Å². The number of benzene rings is 1. The number of allylic oxidation sites excluding steroid dienone is 1. The molecule has 0 atom stereocenters. The molecule has 0 spiro atoms. The molecule has 2 aromatic heterocycles. The summed E-state index contributed by atoms with van der Waals surface area (Å²) in [5.74, 6) is 1.37.